The third-order valence-corrected chi connectivity index (χ3v) is 2.26. The van der Waals surface area contributed by atoms with E-state index >= 15 is 0 Å². The monoisotopic (exact) mass is 217 g/mol. The molecule has 2 rings (SSSR count). The van der Waals surface area contributed by atoms with Gasteiger partial charge in [-0.15, -0.1) is 0 Å². The highest BCUT2D eigenvalue weighted by molar-refractivity contribution is 6.11. The first-order valence-corrected chi connectivity index (χ1v) is 4.91. The van der Waals surface area contributed by atoms with E-state index in [4.69, 9.17) is 4.74 Å². The van der Waals surface area contributed by atoms with E-state index < -0.39 is 0 Å². The largest absolute Gasteiger partial charge is 0.488 e. The van der Waals surface area contributed by atoms with Gasteiger partial charge in [-0.2, -0.15) is 0 Å². The lowest BCUT2D eigenvalue weighted by Gasteiger charge is -2.18. The van der Waals surface area contributed by atoms with E-state index in [9.17, 15) is 9.59 Å². The summed E-state index contributed by atoms with van der Waals surface area (Å²) in [5, 5.41) is 2.47. The number of para-hydroxylation sites is 1. The topological polar surface area (TPSA) is 55.4 Å². The molecule has 16 heavy (non-hydrogen) atoms. The van der Waals surface area contributed by atoms with Gasteiger partial charge in [0.05, 0.1) is 11.1 Å². The smallest absolute Gasteiger partial charge is 0.220 e. The van der Waals surface area contributed by atoms with E-state index in [1.807, 2.05) is 6.07 Å². The van der Waals surface area contributed by atoms with Crippen LogP contribution in [0.3, 0.4) is 0 Å². The Morgan fingerprint density at radius 2 is 2.19 bits per heavy atom. The summed E-state index contributed by atoms with van der Waals surface area (Å²) in [5.41, 5.74) is 0.985. The van der Waals surface area contributed by atoms with Crippen molar-refractivity contribution < 1.29 is 14.3 Å². The number of rotatable bonds is 1. The molecule has 0 bridgehead atoms. The number of carbonyl (C=O) groups excluding carboxylic acids is 2. The van der Waals surface area contributed by atoms with Gasteiger partial charge < -0.3 is 10.1 Å². The molecule has 0 spiro atoms. The molecule has 0 fully saturated rings. The highest BCUT2D eigenvalue weighted by atomic mass is 16.5. The molecule has 1 N–H and O–H groups in total. The molecule has 1 amide bonds. The normalized spacial score (nSPS) is 16.6. The van der Waals surface area contributed by atoms with Crippen molar-refractivity contribution >= 4 is 11.7 Å². The lowest BCUT2D eigenvalue weighted by atomic mass is 10.0. The van der Waals surface area contributed by atoms with Crippen molar-refractivity contribution in [3.05, 3.63) is 41.6 Å². The molecule has 1 aromatic rings. The summed E-state index contributed by atoms with van der Waals surface area (Å²) >= 11 is 0. The second-order valence-corrected chi connectivity index (χ2v) is 3.48. The molecule has 1 aliphatic rings. The fourth-order valence-electron chi connectivity index (χ4n) is 1.47. The van der Waals surface area contributed by atoms with Gasteiger partial charge in [0.1, 0.15) is 12.4 Å². The highest BCUT2D eigenvalue weighted by Crippen LogP contribution is 2.25. The van der Waals surface area contributed by atoms with Crippen LogP contribution in [0.5, 0.6) is 5.75 Å². The molecule has 0 atom stereocenters. The summed E-state index contributed by atoms with van der Waals surface area (Å²) in [6, 6.07) is 7.05. The van der Waals surface area contributed by atoms with Gasteiger partial charge in [-0.05, 0) is 12.1 Å². The maximum absolute atomic E-state index is 11.9. The van der Waals surface area contributed by atoms with Crippen molar-refractivity contribution in [3.8, 4) is 5.75 Å². The second kappa shape index (κ2) is 4.18. The first-order chi connectivity index (χ1) is 7.68. The number of ketones is 1. The predicted octanol–water partition coefficient (Wildman–Crippen LogP) is 1.28. The van der Waals surface area contributed by atoms with Gasteiger partial charge in [0.2, 0.25) is 5.91 Å². The summed E-state index contributed by atoms with van der Waals surface area (Å²) in [4.78, 5) is 22.7. The molecule has 0 aromatic heterocycles. The summed E-state index contributed by atoms with van der Waals surface area (Å²) in [6.45, 7) is 1.58. The molecule has 0 saturated carbocycles. The Kier molecular flexibility index (Phi) is 2.72. The molecule has 1 aromatic carbocycles. The van der Waals surface area contributed by atoms with Crippen LogP contribution in [0.2, 0.25) is 0 Å². The third kappa shape index (κ3) is 1.95. The zero-order valence-corrected chi connectivity index (χ0v) is 8.82. The average molecular weight is 217 g/mol. The first-order valence-electron chi connectivity index (χ1n) is 4.91. The van der Waals surface area contributed by atoms with Gasteiger partial charge >= 0.3 is 0 Å². The van der Waals surface area contributed by atoms with Crippen LogP contribution in [0.15, 0.2) is 36.0 Å². The van der Waals surface area contributed by atoms with Crippen molar-refractivity contribution in [1.82, 2.24) is 5.32 Å². The number of amides is 1. The fraction of sp³-hybridized carbons (Fsp3) is 0.167. The van der Waals surface area contributed by atoms with Crippen molar-refractivity contribution in [3.63, 3.8) is 0 Å². The molecule has 0 unspecified atom stereocenters. The zero-order valence-electron chi connectivity index (χ0n) is 8.82. The van der Waals surface area contributed by atoms with Crippen LogP contribution in [0, 0.1) is 0 Å². The van der Waals surface area contributed by atoms with Crippen LogP contribution >= 0.6 is 0 Å². The number of Topliss-reactive ketones (excluding diaryl/α,β-unsaturated/α-hetero) is 1. The van der Waals surface area contributed by atoms with Crippen molar-refractivity contribution in [1.29, 1.82) is 0 Å². The van der Waals surface area contributed by atoms with Crippen molar-refractivity contribution in [2.75, 3.05) is 6.61 Å². The number of benzene rings is 1. The van der Waals surface area contributed by atoms with Gasteiger partial charge in [0, 0.05) is 13.1 Å². The lowest BCUT2D eigenvalue weighted by Crippen LogP contribution is -2.23. The second-order valence-electron chi connectivity index (χ2n) is 3.48. The van der Waals surface area contributed by atoms with Gasteiger partial charge in [-0.1, -0.05) is 12.1 Å². The van der Waals surface area contributed by atoms with Crippen LogP contribution in [0.4, 0.5) is 0 Å². The number of fused-ring (bicyclic) bond motifs is 1. The van der Waals surface area contributed by atoms with E-state index in [2.05, 4.69) is 5.32 Å². The Morgan fingerprint density at radius 3 is 2.94 bits per heavy atom. The molecule has 82 valence electrons. The van der Waals surface area contributed by atoms with Gasteiger partial charge in [0.15, 0.2) is 5.78 Å². The molecule has 1 heterocycles. The Labute approximate surface area is 92.9 Å². The summed E-state index contributed by atoms with van der Waals surface area (Å²) in [5.74, 6) is 0.280. The van der Waals surface area contributed by atoms with E-state index in [0.717, 1.165) is 0 Å². The Bertz CT molecular complexity index is 477. The molecule has 1 aliphatic heterocycles. The van der Waals surface area contributed by atoms with E-state index in [0.29, 0.717) is 16.9 Å². The number of hydrogen-bond acceptors (Lipinski definition) is 3. The molecule has 4 nitrogen and oxygen atoms in total. The Morgan fingerprint density at radius 1 is 1.44 bits per heavy atom. The van der Waals surface area contributed by atoms with E-state index in [-0.39, 0.29) is 18.3 Å². The minimum atomic E-state index is -0.209. The van der Waals surface area contributed by atoms with Crippen LogP contribution in [-0.2, 0) is 4.79 Å². The Hall–Kier alpha value is -2.10. The van der Waals surface area contributed by atoms with E-state index in [1.54, 1.807) is 18.2 Å². The molecule has 0 saturated heterocycles. The zero-order chi connectivity index (χ0) is 11.5. The maximum Gasteiger partial charge on any atom is 0.220 e. The first kappa shape index (κ1) is 10.4. The van der Waals surface area contributed by atoms with Gasteiger partial charge in [-0.25, -0.2) is 0 Å². The van der Waals surface area contributed by atoms with Crippen LogP contribution < -0.4 is 10.1 Å². The molecule has 4 heteroatoms. The van der Waals surface area contributed by atoms with E-state index in [1.165, 1.54) is 13.1 Å². The van der Waals surface area contributed by atoms with Crippen LogP contribution in [0.1, 0.15) is 17.3 Å². The SMILES string of the molecule is CC(=O)N/C=C1/COc2ccccc2C1=O. The molecular weight excluding hydrogens is 206 g/mol. The number of nitrogens with one attached hydrogen (secondary N) is 1. The number of ether oxygens (including phenoxy) is 1. The van der Waals surface area contributed by atoms with Crippen molar-refractivity contribution in [2.24, 2.45) is 0 Å². The highest BCUT2D eigenvalue weighted by Gasteiger charge is 2.22. The minimum Gasteiger partial charge on any atom is -0.488 e. The lowest BCUT2D eigenvalue weighted by molar-refractivity contribution is -0.118. The number of carbonyl (C=O) groups is 2. The molecule has 0 radical (unpaired) electrons. The fourth-order valence-corrected chi connectivity index (χ4v) is 1.47. The molecular formula is C12H11NO3. The number of hydrogen-bond donors (Lipinski definition) is 1. The van der Waals surface area contributed by atoms with Crippen LogP contribution in [-0.4, -0.2) is 18.3 Å². The predicted molar refractivity (Wildman–Crippen MR) is 58.2 cm³/mol. The molecule has 0 aliphatic carbocycles. The third-order valence-electron chi connectivity index (χ3n) is 2.26. The minimum absolute atomic E-state index is 0.101. The van der Waals surface area contributed by atoms with Crippen molar-refractivity contribution in [2.45, 2.75) is 6.92 Å². The van der Waals surface area contributed by atoms with Crippen LogP contribution in [0.25, 0.3) is 0 Å². The quantitative estimate of drug-likeness (QED) is 0.721. The Balaban J connectivity index is 2.28. The maximum atomic E-state index is 11.9. The standard InChI is InChI=1S/C12H11NO3/c1-8(14)13-6-9-7-16-11-5-3-2-4-10(11)12(9)15/h2-6H,7H2,1H3,(H,13,14)/b9-6-. The summed E-state index contributed by atoms with van der Waals surface area (Å²) < 4.78 is 5.40. The summed E-state index contributed by atoms with van der Waals surface area (Å²) in [6.07, 6.45) is 1.40. The van der Waals surface area contributed by atoms with Gasteiger partial charge in [-0.3, -0.25) is 9.59 Å². The van der Waals surface area contributed by atoms with Gasteiger partial charge in [0.25, 0.3) is 0 Å². The summed E-state index contributed by atoms with van der Waals surface area (Å²) in [7, 11) is 0. The average Bonchev–Trinajstić information content (AvgIpc) is 2.28.